The Kier molecular flexibility index (Phi) is 2.37. The molecule has 0 saturated heterocycles. The smallest absolute Gasteiger partial charge is 0.00373 e. The number of rotatable bonds is 3. The monoisotopic (exact) mass is 123 g/mol. The zero-order valence-electron chi connectivity index (χ0n) is 5.85. The van der Waals surface area contributed by atoms with Crippen LogP contribution in [0, 0.1) is 0 Å². The van der Waals surface area contributed by atoms with Gasteiger partial charge in [-0.2, -0.15) is 0 Å². The second kappa shape index (κ2) is 3.33. The lowest BCUT2D eigenvalue weighted by molar-refractivity contribution is 0.796. The van der Waals surface area contributed by atoms with Crippen LogP contribution in [0.15, 0.2) is 18.5 Å². The summed E-state index contributed by atoms with van der Waals surface area (Å²) in [5.74, 6) is 0. The third kappa shape index (κ3) is 1.92. The summed E-state index contributed by atoms with van der Waals surface area (Å²) in [7, 11) is 0. The minimum Gasteiger partial charge on any atom is -0.367 e. The summed E-state index contributed by atoms with van der Waals surface area (Å²) in [4.78, 5) is 3.04. The van der Waals surface area contributed by atoms with Crippen LogP contribution >= 0.6 is 0 Å². The highest BCUT2D eigenvalue weighted by Crippen LogP contribution is 2.01. The molecule has 0 bridgehead atoms. The van der Waals surface area contributed by atoms with E-state index in [1.165, 1.54) is 24.8 Å². The van der Waals surface area contributed by atoms with Crippen LogP contribution in [0.2, 0.25) is 0 Å². The molecule has 0 atom stereocenters. The second-order valence-corrected chi connectivity index (χ2v) is 2.32. The molecule has 1 aromatic heterocycles. The summed E-state index contributed by atoms with van der Waals surface area (Å²) in [6, 6.07) is 2.13. The molecule has 1 rings (SSSR count). The Bertz CT molecular complexity index is 142. The normalized spacial score (nSPS) is 9.89. The zero-order chi connectivity index (χ0) is 6.53. The lowest BCUT2D eigenvalue weighted by Crippen LogP contribution is -1.78. The van der Waals surface area contributed by atoms with E-state index in [1.807, 2.05) is 6.20 Å². The zero-order valence-corrected chi connectivity index (χ0v) is 5.85. The highest BCUT2D eigenvalue weighted by atomic mass is 14.6. The molecule has 1 heteroatoms. The van der Waals surface area contributed by atoms with E-state index in [0.29, 0.717) is 0 Å². The van der Waals surface area contributed by atoms with Gasteiger partial charge < -0.3 is 4.98 Å². The van der Waals surface area contributed by atoms with Gasteiger partial charge in [0.25, 0.3) is 0 Å². The minimum atomic E-state index is 1.22. The number of H-pyrrole nitrogens is 1. The van der Waals surface area contributed by atoms with Crippen LogP contribution in [0.3, 0.4) is 0 Å². The van der Waals surface area contributed by atoms with Gasteiger partial charge in [-0.05, 0) is 24.5 Å². The largest absolute Gasteiger partial charge is 0.367 e. The van der Waals surface area contributed by atoms with Crippen LogP contribution in [0.25, 0.3) is 0 Å². The van der Waals surface area contributed by atoms with E-state index in [0.717, 1.165) is 0 Å². The fourth-order valence-corrected chi connectivity index (χ4v) is 0.895. The van der Waals surface area contributed by atoms with Gasteiger partial charge in [0.2, 0.25) is 0 Å². The molecule has 0 unspecified atom stereocenters. The average Bonchev–Trinajstić information content (AvgIpc) is 2.34. The molecule has 0 aliphatic rings. The van der Waals surface area contributed by atoms with E-state index in [1.54, 1.807) is 0 Å². The van der Waals surface area contributed by atoms with Crippen LogP contribution in [0.4, 0.5) is 0 Å². The first-order valence-corrected chi connectivity index (χ1v) is 3.55. The van der Waals surface area contributed by atoms with Crippen LogP contribution in [0.1, 0.15) is 25.3 Å². The number of hydrogen-bond acceptors (Lipinski definition) is 0. The third-order valence-corrected chi connectivity index (χ3v) is 1.48. The molecule has 1 nitrogen and oxygen atoms in total. The molecule has 1 heterocycles. The van der Waals surface area contributed by atoms with Gasteiger partial charge >= 0.3 is 0 Å². The van der Waals surface area contributed by atoms with Gasteiger partial charge in [0.15, 0.2) is 0 Å². The Labute approximate surface area is 56.1 Å². The van der Waals surface area contributed by atoms with Gasteiger partial charge in [0.05, 0.1) is 0 Å². The molecule has 0 fully saturated rings. The van der Waals surface area contributed by atoms with Crippen LogP contribution in [-0.2, 0) is 6.42 Å². The van der Waals surface area contributed by atoms with Crippen molar-refractivity contribution in [2.45, 2.75) is 26.2 Å². The number of aromatic amines is 1. The first-order valence-electron chi connectivity index (χ1n) is 3.55. The van der Waals surface area contributed by atoms with Crippen molar-refractivity contribution in [1.29, 1.82) is 0 Å². The van der Waals surface area contributed by atoms with Gasteiger partial charge in [-0.3, -0.25) is 0 Å². The van der Waals surface area contributed by atoms with Gasteiger partial charge in [0.1, 0.15) is 0 Å². The van der Waals surface area contributed by atoms with Crippen LogP contribution < -0.4 is 0 Å². The summed E-state index contributed by atoms with van der Waals surface area (Å²) < 4.78 is 0. The predicted molar refractivity (Wildman–Crippen MR) is 39.4 cm³/mol. The Hall–Kier alpha value is -0.720. The van der Waals surface area contributed by atoms with Crippen LogP contribution in [0.5, 0.6) is 0 Å². The topological polar surface area (TPSA) is 15.8 Å². The number of aryl methyl sites for hydroxylation is 1. The summed E-state index contributed by atoms with van der Waals surface area (Å²) in [6.45, 7) is 2.21. The average molecular weight is 123 g/mol. The van der Waals surface area contributed by atoms with Crippen LogP contribution in [-0.4, -0.2) is 4.98 Å². The van der Waals surface area contributed by atoms with Gasteiger partial charge in [0, 0.05) is 12.4 Å². The maximum atomic E-state index is 3.04. The van der Waals surface area contributed by atoms with Crippen molar-refractivity contribution in [3.8, 4) is 0 Å². The quantitative estimate of drug-likeness (QED) is 0.635. The molecule has 9 heavy (non-hydrogen) atoms. The van der Waals surface area contributed by atoms with E-state index in [2.05, 4.69) is 24.2 Å². The van der Waals surface area contributed by atoms with E-state index < -0.39 is 0 Å². The van der Waals surface area contributed by atoms with E-state index >= 15 is 0 Å². The standard InChI is InChI=1S/C8H13N/c1-2-3-4-8-5-6-9-7-8/h5-7,9H,2-4H2,1H3. The molecule has 0 aliphatic heterocycles. The van der Waals surface area contributed by atoms with Crippen molar-refractivity contribution in [2.24, 2.45) is 0 Å². The van der Waals surface area contributed by atoms with Gasteiger partial charge in [-0.1, -0.05) is 13.3 Å². The molecular weight excluding hydrogens is 110 g/mol. The number of nitrogens with one attached hydrogen (secondary N) is 1. The Morgan fingerprint density at radius 2 is 2.44 bits per heavy atom. The number of aromatic nitrogens is 1. The predicted octanol–water partition coefficient (Wildman–Crippen LogP) is 2.36. The lowest BCUT2D eigenvalue weighted by atomic mass is 10.2. The maximum absolute atomic E-state index is 3.04. The lowest BCUT2D eigenvalue weighted by Gasteiger charge is -1.90. The molecule has 1 N–H and O–H groups in total. The molecule has 0 radical (unpaired) electrons. The molecule has 50 valence electrons. The van der Waals surface area contributed by atoms with Gasteiger partial charge in [-0.25, -0.2) is 0 Å². The summed E-state index contributed by atoms with van der Waals surface area (Å²) in [5.41, 5.74) is 1.43. The Balaban J connectivity index is 2.30. The van der Waals surface area contributed by atoms with Gasteiger partial charge in [-0.15, -0.1) is 0 Å². The number of unbranched alkanes of at least 4 members (excludes halogenated alkanes) is 1. The maximum Gasteiger partial charge on any atom is 0.00373 e. The highest BCUT2D eigenvalue weighted by molar-refractivity contribution is 5.07. The summed E-state index contributed by atoms with van der Waals surface area (Å²) in [5, 5.41) is 0. The van der Waals surface area contributed by atoms with Crippen molar-refractivity contribution in [3.63, 3.8) is 0 Å². The van der Waals surface area contributed by atoms with E-state index in [-0.39, 0.29) is 0 Å². The minimum absolute atomic E-state index is 1.22. The summed E-state index contributed by atoms with van der Waals surface area (Å²) in [6.07, 6.45) is 7.85. The first-order chi connectivity index (χ1) is 4.43. The third-order valence-electron chi connectivity index (χ3n) is 1.48. The Morgan fingerprint density at radius 1 is 1.56 bits per heavy atom. The fraction of sp³-hybridized carbons (Fsp3) is 0.500. The number of hydrogen-bond donors (Lipinski definition) is 1. The van der Waals surface area contributed by atoms with Crippen molar-refractivity contribution in [1.82, 2.24) is 4.98 Å². The van der Waals surface area contributed by atoms with Crippen molar-refractivity contribution >= 4 is 0 Å². The fourth-order valence-electron chi connectivity index (χ4n) is 0.895. The highest BCUT2D eigenvalue weighted by Gasteiger charge is 1.88. The molecule has 0 saturated carbocycles. The van der Waals surface area contributed by atoms with Crippen molar-refractivity contribution in [3.05, 3.63) is 24.0 Å². The van der Waals surface area contributed by atoms with Crippen molar-refractivity contribution < 1.29 is 0 Å². The summed E-state index contributed by atoms with van der Waals surface area (Å²) >= 11 is 0. The molecule has 1 aromatic rings. The molecule has 0 aromatic carbocycles. The molecule has 0 spiro atoms. The molecular formula is C8H13N. The Morgan fingerprint density at radius 3 is 3.00 bits per heavy atom. The molecule has 0 aliphatic carbocycles. The van der Waals surface area contributed by atoms with E-state index in [4.69, 9.17) is 0 Å². The van der Waals surface area contributed by atoms with E-state index in [9.17, 15) is 0 Å². The molecule has 0 amide bonds. The SMILES string of the molecule is CCCCc1cc[nH]c1. The van der Waals surface area contributed by atoms with Crippen molar-refractivity contribution in [2.75, 3.05) is 0 Å². The second-order valence-electron chi connectivity index (χ2n) is 2.32. The first kappa shape index (κ1) is 6.40.